The Morgan fingerprint density at radius 1 is 0.857 bits per heavy atom. The van der Waals surface area contributed by atoms with Gasteiger partial charge in [-0.1, -0.05) is 73.1 Å². The van der Waals surface area contributed by atoms with Crippen LogP contribution in [0.1, 0.15) is 125 Å². The largest absolute Gasteiger partial charge is 0.504 e. The van der Waals surface area contributed by atoms with Crippen molar-refractivity contribution >= 4 is 12.0 Å². The summed E-state index contributed by atoms with van der Waals surface area (Å²) in [6, 6.07) is 4.53. The highest BCUT2D eigenvalue weighted by Crippen LogP contribution is 2.67. The van der Waals surface area contributed by atoms with E-state index in [1.54, 1.807) is 12.1 Å². The summed E-state index contributed by atoms with van der Waals surface area (Å²) in [5, 5.41) is 19.3. The van der Waals surface area contributed by atoms with Crippen molar-refractivity contribution in [2.45, 2.75) is 125 Å². The minimum absolute atomic E-state index is 0.111. The van der Waals surface area contributed by atoms with Crippen molar-refractivity contribution in [3.05, 3.63) is 42.0 Å². The highest BCUT2D eigenvalue weighted by atomic mass is 16.5. The fourth-order valence-electron chi connectivity index (χ4n) is 10.3. The Hall–Kier alpha value is -2.23. The maximum Gasteiger partial charge on any atom is 0.331 e. The average Bonchev–Trinajstić information content (AvgIpc) is 2.90. The van der Waals surface area contributed by atoms with Gasteiger partial charge in [-0.2, -0.15) is 0 Å². The van der Waals surface area contributed by atoms with Crippen LogP contribution in [-0.4, -0.2) is 22.3 Å². The van der Waals surface area contributed by atoms with Gasteiger partial charge in [-0.15, -0.1) is 0 Å². The molecule has 0 aliphatic heterocycles. The van der Waals surface area contributed by atoms with Gasteiger partial charge in [-0.05, 0) is 127 Å². The molecular weight excluding hydrogens is 520 g/mol. The number of rotatable bonds is 3. The first-order valence-electron chi connectivity index (χ1n) is 16.7. The molecular formula is C38H56O4. The fraction of sp³-hybridized carbons (Fsp3) is 0.711. The normalized spacial score (nSPS) is 40.3. The third-order valence-electron chi connectivity index (χ3n) is 13.1. The van der Waals surface area contributed by atoms with Gasteiger partial charge in [-0.25, -0.2) is 4.79 Å². The number of allylic oxidation sites excluding steroid dienone is 2. The molecule has 4 heteroatoms. The number of fused-ring (bicyclic) bond motifs is 4. The molecule has 3 fully saturated rings. The second-order valence-electron chi connectivity index (χ2n) is 16.8. The second-order valence-corrected chi connectivity index (χ2v) is 16.8. The summed E-state index contributed by atoms with van der Waals surface area (Å²) < 4.78 is 6.16. The number of carbonyl (C=O) groups is 1. The summed E-state index contributed by atoms with van der Waals surface area (Å²) in [6.45, 7) is 17.3. The van der Waals surface area contributed by atoms with Crippen molar-refractivity contribution < 1.29 is 19.7 Å². The summed E-state index contributed by atoms with van der Waals surface area (Å²) >= 11 is 0. The van der Waals surface area contributed by atoms with Gasteiger partial charge in [0.1, 0.15) is 6.10 Å². The summed E-state index contributed by atoms with van der Waals surface area (Å²) in [7, 11) is 0. The van der Waals surface area contributed by atoms with Crippen LogP contribution in [0.2, 0.25) is 0 Å². The average molecular weight is 577 g/mol. The van der Waals surface area contributed by atoms with Crippen LogP contribution in [0.3, 0.4) is 0 Å². The van der Waals surface area contributed by atoms with E-state index >= 15 is 0 Å². The smallest absolute Gasteiger partial charge is 0.331 e. The molecule has 0 saturated heterocycles. The maximum atomic E-state index is 13.0. The predicted octanol–water partition coefficient (Wildman–Crippen LogP) is 9.84. The Morgan fingerprint density at radius 2 is 1.60 bits per heavy atom. The van der Waals surface area contributed by atoms with Gasteiger partial charge < -0.3 is 14.9 Å². The SMILES string of the molecule is CC1(C)CC[C@]2(C)CCC[C@]3(C)CC[C@H]4C(C)(C)[C@@H](OC(=O)/C=C/c5ccc(O)c(O)c5)CC[C@]4(C)[C@H]3C/C=C/[C@@H]2C1. The molecule has 4 nitrogen and oxygen atoms in total. The van der Waals surface area contributed by atoms with E-state index in [2.05, 4.69) is 60.6 Å². The van der Waals surface area contributed by atoms with Gasteiger partial charge in [0.25, 0.3) is 0 Å². The van der Waals surface area contributed by atoms with Gasteiger partial charge in [0, 0.05) is 11.5 Å². The van der Waals surface area contributed by atoms with E-state index in [1.165, 1.54) is 76.0 Å². The highest BCUT2D eigenvalue weighted by Gasteiger charge is 2.60. The van der Waals surface area contributed by atoms with E-state index in [4.69, 9.17) is 4.74 Å². The Bertz CT molecular complexity index is 1230. The molecule has 0 unspecified atom stereocenters. The van der Waals surface area contributed by atoms with Crippen molar-refractivity contribution in [2.24, 2.45) is 44.8 Å². The molecule has 2 N–H and O–H groups in total. The van der Waals surface area contributed by atoms with Crippen molar-refractivity contribution in [3.8, 4) is 11.5 Å². The lowest BCUT2D eigenvalue weighted by molar-refractivity contribution is -0.190. The van der Waals surface area contributed by atoms with Gasteiger partial charge in [-0.3, -0.25) is 0 Å². The Labute approximate surface area is 255 Å². The van der Waals surface area contributed by atoms with Crippen LogP contribution in [0.4, 0.5) is 0 Å². The molecule has 1 aromatic carbocycles. The second kappa shape index (κ2) is 11.0. The minimum atomic E-state index is -0.343. The molecule has 3 saturated carbocycles. The van der Waals surface area contributed by atoms with Crippen LogP contribution in [-0.2, 0) is 9.53 Å². The van der Waals surface area contributed by atoms with E-state index in [1.807, 2.05) is 0 Å². The van der Waals surface area contributed by atoms with Gasteiger partial charge in [0.15, 0.2) is 11.5 Å². The topological polar surface area (TPSA) is 66.8 Å². The third-order valence-corrected chi connectivity index (χ3v) is 13.1. The lowest BCUT2D eigenvalue weighted by atomic mass is 9.41. The van der Waals surface area contributed by atoms with Gasteiger partial charge in [0.05, 0.1) is 0 Å². The molecule has 232 valence electrons. The van der Waals surface area contributed by atoms with E-state index < -0.39 is 0 Å². The summed E-state index contributed by atoms with van der Waals surface area (Å²) in [6.07, 6.45) is 21.8. The fourth-order valence-corrected chi connectivity index (χ4v) is 10.3. The zero-order chi connectivity index (χ0) is 30.6. The lowest BCUT2D eigenvalue weighted by Gasteiger charge is -2.64. The molecule has 0 heterocycles. The summed E-state index contributed by atoms with van der Waals surface area (Å²) in [4.78, 5) is 13.0. The van der Waals surface area contributed by atoms with Gasteiger partial charge in [0.2, 0.25) is 0 Å². The number of benzene rings is 1. The quantitative estimate of drug-likeness (QED) is 0.163. The molecule has 5 rings (SSSR count). The minimum Gasteiger partial charge on any atom is -0.504 e. The van der Waals surface area contributed by atoms with E-state index in [0.29, 0.717) is 39.6 Å². The van der Waals surface area contributed by atoms with Crippen molar-refractivity contribution in [3.63, 3.8) is 0 Å². The monoisotopic (exact) mass is 576 g/mol. The number of phenols is 2. The molecule has 0 aromatic heterocycles. The van der Waals surface area contributed by atoms with Crippen LogP contribution in [0, 0.1) is 44.8 Å². The molecule has 42 heavy (non-hydrogen) atoms. The van der Waals surface area contributed by atoms with Crippen LogP contribution in [0.15, 0.2) is 36.4 Å². The molecule has 0 bridgehead atoms. The Kier molecular flexibility index (Phi) is 8.20. The number of hydrogen-bond donors (Lipinski definition) is 2. The maximum absolute atomic E-state index is 13.0. The van der Waals surface area contributed by atoms with E-state index in [9.17, 15) is 15.0 Å². The van der Waals surface area contributed by atoms with Crippen LogP contribution < -0.4 is 0 Å². The molecule has 0 radical (unpaired) electrons. The molecule has 0 spiro atoms. The van der Waals surface area contributed by atoms with E-state index in [0.717, 1.165) is 12.8 Å². The Balaban J connectivity index is 1.33. The van der Waals surface area contributed by atoms with Crippen LogP contribution >= 0.6 is 0 Å². The first kappa shape index (κ1) is 31.2. The molecule has 1 aromatic rings. The van der Waals surface area contributed by atoms with E-state index in [-0.39, 0.29) is 34.4 Å². The van der Waals surface area contributed by atoms with Crippen molar-refractivity contribution in [1.82, 2.24) is 0 Å². The highest BCUT2D eigenvalue weighted by molar-refractivity contribution is 5.87. The third kappa shape index (κ3) is 5.81. The van der Waals surface area contributed by atoms with Crippen molar-refractivity contribution in [1.29, 1.82) is 0 Å². The lowest BCUT2D eigenvalue weighted by Crippen LogP contribution is -2.59. The molecule has 7 atom stereocenters. The predicted molar refractivity (Wildman–Crippen MR) is 171 cm³/mol. The number of esters is 1. The zero-order valence-electron chi connectivity index (χ0n) is 27.3. The molecule has 4 aliphatic carbocycles. The number of hydrogen-bond acceptors (Lipinski definition) is 4. The number of aromatic hydroxyl groups is 2. The molecule has 0 amide bonds. The van der Waals surface area contributed by atoms with Crippen LogP contribution in [0.25, 0.3) is 6.08 Å². The Morgan fingerprint density at radius 3 is 2.33 bits per heavy atom. The summed E-state index contributed by atoms with van der Waals surface area (Å²) in [5.74, 6) is 1.11. The number of ether oxygens (including phenoxy) is 1. The zero-order valence-corrected chi connectivity index (χ0v) is 27.3. The van der Waals surface area contributed by atoms with Crippen LogP contribution in [0.5, 0.6) is 11.5 Å². The first-order valence-corrected chi connectivity index (χ1v) is 16.7. The van der Waals surface area contributed by atoms with Crippen molar-refractivity contribution in [2.75, 3.05) is 0 Å². The molecule has 4 aliphatic rings. The van der Waals surface area contributed by atoms with Gasteiger partial charge >= 0.3 is 5.97 Å². The number of carbonyl (C=O) groups excluding carboxylic acids is 1. The first-order chi connectivity index (χ1) is 19.6. The standard InChI is InChI=1S/C38H56O4/c1-34(2)22-23-36(5)18-9-19-37(6)20-16-30-35(3,4)32(17-21-38(30,7)31(37)11-8-10-27(36)25-34)42-33(41)15-13-26-12-14-28(39)29(40)24-26/h8,10,12-15,24,27,30-32,39-40H,9,11,16-23,25H2,1-7H3/b10-8+,15-13+/t27-,30+,31+,32+,36+,37-,38+/m1/s1. The number of phenolic OH excluding ortho intramolecular Hbond substituents is 2. The summed E-state index contributed by atoms with van der Waals surface area (Å²) in [5.41, 5.74) is 1.99.